The van der Waals surface area contributed by atoms with E-state index in [4.69, 9.17) is 0 Å². The lowest BCUT2D eigenvalue weighted by Gasteiger charge is -2.21. The second kappa shape index (κ2) is 5.02. The van der Waals surface area contributed by atoms with Crippen LogP contribution in [0, 0.1) is 0 Å². The average Bonchev–Trinajstić information content (AvgIpc) is 1.97. The van der Waals surface area contributed by atoms with Crippen LogP contribution in [-0.2, 0) is 4.79 Å². The van der Waals surface area contributed by atoms with E-state index in [2.05, 4.69) is 17.2 Å². The van der Waals surface area contributed by atoms with E-state index in [1.54, 1.807) is 6.08 Å². The minimum absolute atomic E-state index is 0.0150. The predicted octanol–water partition coefficient (Wildman–Crippen LogP) is 1.07. The third kappa shape index (κ3) is 7.53. The predicted molar refractivity (Wildman–Crippen MR) is 55.6 cm³/mol. The molecular formula is C10H20N2O. The Bertz CT molecular complexity index is 182. The molecule has 0 aliphatic heterocycles. The molecule has 0 aromatic heterocycles. The highest BCUT2D eigenvalue weighted by atomic mass is 16.2. The second-order valence-electron chi connectivity index (χ2n) is 4.20. The van der Waals surface area contributed by atoms with Crippen molar-refractivity contribution in [1.29, 1.82) is 0 Å². The molecule has 1 unspecified atom stereocenters. The molecule has 0 radical (unpaired) electrons. The molecule has 0 bridgehead atoms. The molecule has 0 saturated heterocycles. The highest BCUT2D eigenvalue weighted by Crippen LogP contribution is 1.97. The molecule has 3 nitrogen and oxygen atoms in total. The molecule has 0 spiro atoms. The Kier molecular flexibility index (Phi) is 4.70. The van der Waals surface area contributed by atoms with Crippen molar-refractivity contribution in [2.24, 2.45) is 0 Å². The van der Waals surface area contributed by atoms with Gasteiger partial charge in [-0.15, -0.1) is 6.58 Å². The van der Waals surface area contributed by atoms with E-state index in [1.807, 2.05) is 27.7 Å². The number of carbonyl (C=O) groups is 1. The van der Waals surface area contributed by atoms with E-state index in [-0.39, 0.29) is 17.5 Å². The Morgan fingerprint density at radius 3 is 2.46 bits per heavy atom. The van der Waals surface area contributed by atoms with Crippen molar-refractivity contribution in [2.45, 2.75) is 39.3 Å². The summed E-state index contributed by atoms with van der Waals surface area (Å²) in [5.74, 6) is 0.0150. The number of hydrogen-bond acceptors (Lipinski definition) is 2. The average molecular weight is 184 g/mol. The van der Waals surface area contributed by atoms with E-state index >= 15 is 0 Å². The molecule has 3 heteroatoms. The number of hydrogen-bond donors (Lipinski definition) is 2. The third-order valence-electron chi connectivity index (χ3n) is 1.45. The molecule has 0 aromatic rings. The first kappa shape index (κ1) is 12.2. The molecule has 1 atom stereocenters. The Morgan fingerprint density at radius 2 is 2.08 bits per heavy atom. The van der Waals surface area contributed by atoms with Crippen molar-refractivity contribution in [3.05, 3.63) is 12.7 Å². The summed E-state index contributed by atoms with van der Waals surface area (Å²) in [6.07, 6.45) is 1.77. The lowest BCUT2D eigenvalue weighted by Crippen LogP contribution is -2.46. The summed E-state index contributed by atoms with van der Waals surface area (Å²) in [4.78, 5) is 11.3. The molecular weight excluding hydrogens is 164 g/mol. The largest absolute Gasteiger partial charge is 0.350 e. The Balaban J connectivity index is 3.70. The summed E-state index contributed by atoms with van der Waals surface area (Å²) in [5, 5.41) is 5.89. The second-order valence-corrected chi connectivity index (χ2v) is 4.20. The topological polar surface area (TPSA) is 41.1 Å². The van der Waals surface area contributed by atoms with Gasteiger partial charge in [-0.3, -0.25) is 4.79 Å². The maximum Gasteiger partial charge on any atom is 0.234 e. The summed E-state index contributed by atoms with van der Waals surface area (Å²) >= 11 is 0. The summed E-state index contributed by atoms with van der Waals surface area (Å²) in [6, 6.07) is 0.172. The zero-order valence-corrected chi connectivity index (χ0v) is 8.98. The Hall–Kier alpha value is -0.830. The molecule has 13 heavy (non-hydrogen) atoms. The number of nitrogens with one attached hydrogen (secondary N) is 2. The van der Waals surface area contributed by atoms with Crippen molar-refractivity contribution >= 4 is 5.91 Å². The van der Waals surface area contributed by atoms with Crippen LogP contribution in [0.3, 0.4) is 0 Å². The summed E-state index contributed by atoms with van der Waals surface area (Å²) < 4.78 is 0. The van der Waals surface area contributed by atoms with E-state index in [1.165, 1.54) is 0 Å². The molecule has 0 heterocycles. The van der Waals surface area contributed by atoms with Crippen molar-refractivity contribution in [1.82, 2.24) is 10.6 Å². The minimum Gasteiger partial charge on any atom is -0.350 e. The third-order valence-corrected chi connectivity index (χ3v) is 1.45. The summed E-state index contributed by atoms with van der Waals surface area (Å²) in [6.45, 7) is 11.8. The van der Waals surface area contributed by atoms with Crippen LogP contribution in [0.2, 0.25) is 0 Å². The molecule has 0 aliphatic carbocycles. The van der Waals surface area contributed by atoms with Gasteiger partial charge in [0, 0.05) is 11.6 Å². The number of rotatable bonds is 4. The van der Waals surface area contributed by atoms with Crippen molar-refractivity contribution in [3.8, 4) is 0 Å². The fraction of sp³-hybridized carbons (Fsp3) is 0.700. The van der Waals surface area contributed by atoms with E-state index in [0.29, 0.717) is 6.54 Å². The van der Waals surface area contributed by atoms with Gasteiger partial charge in [0.1, 0.15) is 0 Å². The van der Waals surface area contributed by atoms with Gasteiger partial charge in [0.2, 0.25) is 5.91 Å². The molecule has 2 N–H and O–H groups in total. The quantitative estimate of drug-likeness (QED) is 0.642. The van der Waals surface area contributed by atoms with Crippen LogP contribution in [0.4, 0.5) is 0 Å². The fourth-order valence-electron chi connectivity index (χ4n) is 0.799. The Labute approximate surface area is 80.6 Å². The van der Waals surface area contributed by atoms with Gasteiger partial charge in [0.15, 0.2) is 0 Å². The van der Waals surface area contributed by atoms with Crippen LogP contribution in [-0.4, -0.2) is 24.0 Å². The summed E-state index contributed by atoms with van der Waals surface area (Å²) in [7, 11) is 0. The molecule has 0 aromatic carbocycles. The molecule has 76 valence electrons. The fourth-order valence-corrected chi connectivity index (χ4v) is 0.799. The molecule has 1 amide bonds. The smallest absolute Gasteiger partial charge is 0.234 e. The first-order chi connectivity index (χ1) is 5.85. The molecule has 0 aliphatic rings. The number of amides is 1. The van der Waals surface area contributed by atoms with Crippen molar-refractivity contribution < 1.29 is 4.79 Å². The van der Waals surface area contributed by atoms with Gasteiger partial charge in [-0.1, -0.05) is 6.08 Å². The van der Waals surface area contributed by atoms with Crippen LogP contribution >= 0.6 is 0 Å². The highest BCUT2D eigenvalue weighted by Gasteiger charge is 2.13. The standard InChI is InChI=1S/C10H20N2O/c1-6-8(2)11-7-9(13)12-10(3,4)5/h6,8,11H,1,7H2,2-5H3,(H,12,13). The van der Waals surface area contributed by atoms with Gasteiger partial charge in [0.05, 0.1) is 6.54 Å². The van der Waals surface area contributed by atoms with Crippen LogP contribution in [0.5, 0.6) is 0 Å². The maximum absolute atomic E-state index is 11.3. The van der Waals surface area contributed by atoms with Gasteiger partial charge >= 0.3 is 0 Å². The lowest BCUT2D eigenvalue weighted by molar-refractivity contribution is -0.121. The van der Waals surface area contributed by atoms with E-state index in [0.717, 1.165) is 0 Å². The zero-order valence-electron chi connectivity index (χ0n) is 8.98. The van der Waals surface area contributed by atoms with E-state index in [9.17, 15) is 4.79 Å². The van der Waals surface area contributed by atoms with Crippen molar-refractivity contribution in [3.63, 3.8) is 0 Å². The maximum atomic E-state index is 11.3. The first-order valence-corrected chi connectivity index (χ1v) is 4.52. The van der Waals surface area contributed by atoms with Crippen LogP contribution in [0.25, 0.3) is 0 Å². The molecule has 0 rings (SSSR count). The molecule has 0 saturated carbocycles. The van der Waals surface area contributed by atoms with Crippen LogP contribution in [0.15, 0.2) is 12.7 Å². The van der Waals surface area contributed by atoms with Gasteiger partial charge in [-0.05, 0) is 27.7 Å². The zero-order chi connectivity index (χ0) is 10.5. The normalized spacial score (nSPS) is 13.5. The van der Waals surface area contributed by atoms with Crippen LogP contribution < -0.4 is 10.6 Å². The number of carbonyl (C=O) groups excluding carboxylic acids is 1. The monoisotopic (exact) mass is 184 g/mol. The first-order valence-electron chi connectivity index (χ1n) is 4.52. The SMILES string of the molecule is C=CC(C)NCC(=O)NC(C)(C)C. The lowest BCUT2D eigenvalue weighted by atomic mass is 10.1. The van der Waals surface area contributed by atoms with Gasteiger partial charge in [-0.2, -0.15) is 0 Å². The van der Waals surface area contributed by atoms with Gasteiger partial charge in [0.25, 0.3) is 0 Å². The van der Waals surface area contributed by atoms with Crippen molar-refractivity contribution in [2.75, 3.05) is 6.54 Å². The summed E-state index contributed by atoms with van der Waals surface area (Å²) in [5.41, 5.74) is -0.157. The minimum atomic E-state index is -0.157. The van der Waals surface area contributed by atoms with Crippen LogP contribution in [0.1, 0.15) is 27.7 Å². The van der Waals surface area contributed by atoms with E-state index < -0.39 is 0 Å². The van der Waals surface area contributed by atoms with Gasteiger partial charge < -0.3 is 10.6 Å². The Morgan fingerprint density at radius 1 is 1.54 bits per heavy atom. The van der Waals surface area contributed by atoms with Gasteiger partial charge in [-0.25, -0.2) is 0 Å². The molecule has 0 fully saturated rings. The highest BCUT2D eigenvalue weighted by molar-refractivity contribution is 5.78.